The first-order valence-corrected chi connectivity index (χ1v) is 9.02. The fourth-order valence-electron chi connectivity index (χ4n) is 3.83. The summed E-state index contributed by atoms with van der Waals surface area (Å²) in [5, 5.41) is 10.8. The van der Waals surface area contributed by atoms with Crippen molar-refractivity contribution >= 4 is 23.9 Å². The Labute approximate surface area is 157 Å². The topological polar surface area (TPSA) is 74.3 Å². The molecule has 4 rings (SSSR count). The SMILES string of the molecule is O=[N+]([O-])c1ccc(N2CCN(C3(c4ccccc4)C=NC=NC3)CC2)cc1. The van der Waals surface area contributed by atoms with Gasteiger partial charge in [0.1, 0.15) is 11.9 Å². The second kappa shape index (κ2) is 7.28. The maximum atomic E-state index is 10.8. The third-order valence-electron chi connectivity index (χ3n) is 5.31. The van der Waals surface area contributed by atoms with Gasteiger partial charge in [-0.15, -0.1) is 0 Å². The number of anilines is 1. The molecule has 2 aliphatic rings. The van der Waals surface area contributed by atoms with Crippen LogP contribution in [0.2, 0.25) is 0 Å². The monoisotopic (exact) mass is 363 g/mol. The Morgan fingerprint density at radius 3 is 2.26 bits per heavy atom. The van der Waals surface area contributed by atoms with Crippen LogP contribution in [0.5, 0.6) is 0 Å². The lowest BCUT2D eigenvalue weighted by Crippen LogP contribution is -2.58. The molecule has 1 unspecified atom stereocenters. The summed E-state index contributed by atoms with van der Waals surface area (Å²) in [6.07, 6.45) is 3.63. The average molecular weight is 363 g/mol. The van der Waals surface area contributed by atoms with Crippen molar-refractivity contribution in [3.8, 4) is 0 Å². The third-order valence-corrected chi connectivity index (χ3v) is 5.31. The van der Waals surface area contributed by atoms with Gasteiger partial charge in [0.2, 0.25) is 0 Å². The summed E-state index contributed by atoms with van der Waals surface area (Å²) in [6.45, 7) is 4.10. The standard InChI is InChI=1S/C20H21N5O2/c26-25(27)19-8-6-18(7-9-19)23-10-12-24(13-11-23)20(14-21-16-22-15-20)17-4-2-1-3-5-17/h1-9,14,16H,10-13,15H2. The van der Waals surface area contributed by atoms with Gasteiger partial charge in [-0.05, 0) is 17.7 Å². The summed E-state index contributed by atoms with van der Waals surface area (Å²) in [4.78, 5) is 24.0. The van der Waals surface area contributed by atoms with Gasteiger partial charge in [0.15, 0.2) is 0 Å². The van der Waals surface area contributed by atoms with Gasteiger partial charge in [0.25, 0.3) is 5.69 Å². The molecule has 2 aliphatic heterocycles. The van der Waals surface area contributed by atoms with Crippen LogP contribution in [0, 0.1) is 10.1 Å². The molecule has 1 saturated heterocycles. The predicted octanol–water partition coefficient (Wildman–Crippen LogP) is 2.73. The van der Waals surface area contributed by atoms with E-state index >= 15 is 0 Å². The summed E-state index contributed by atoms with van der Waals surface area (Å²) < 4.78 is 0. The smallest absolute Gasteiger partial charge is 0.269 e. The molecule has 27 heavy (non-hydrogen) atoms. The van der Waals surface area contributed by atoms with Crippen molar-refractivity contribution < 1.29 is 4.92 Å². The van der Waals surface area contributed by atoms with E-state index in [-0.39, 0.29) is 16.1 Å². The maximum Gasteiger partial charge on any atom is 0.269 e. The minimum absolute atomic E-state index is 0.122. The number of aliphatic imine (C=N–C) groups is 2. The lowest BCUT2D eigenvalue weighted by atomic mass is 9.87. The first kappa shape index (κ1) is 17.4. The van der Waals surface area contributed by atoms with Crippen LogP contribution < -0.4 is 4.90 Å². The molecule has 0 aliphatic carbocycles. The van der Waals surface area contributed by atoms with Crippen LogP contribution in [0.25, 0.3) is 0 Å². The molecule has 0 saturated carbocycles. The predicted molar refractivity (Wildman–Crippen MR) is 107 cm³/mol. The number of non-ortho nitro benzene ring substituents is 1. The van der Waals surface area contributed by atoms with Crippen molar-refractivity contribution in [3.63, 3.8) is 0 Å². The zero-order valence-corrected chi connectivity index (χ0v) is 14.9. The van der Waals surface area contributed by atoms with Gasteiger partial charge >= 0.3 is 0 Å². The van der Waals surface area contributed by atoms with Crippen LogP contribution in [0.4, 0.5) is 11.4 Å². The number of hydrogen-bond donors (Lipinski definition) is 0. The Bertz CT molecular complexity index is 858. The van der Waals surface area contributed by atoms with Crippen LogP contribution in [0.1, 0.15) is 5.56 Å². The van der Waals surface area contributed by atoms with Crippen molar-refractivity contribution in [1.82, 2.24) is 4.90 Å². The highest BCUT2D eigenvalue weighted by atomic mass is 16.6. The van der Waals surface area contributed by atoms with Crippen LogP contribution in [-0.4, -0.2) is 55.1 Å². The fraction of sp³-hybridized carbons (Fsp3) is 0.300. The molecule has 2 aromatic rings. The Morgan fingerprint density at radius 2 is 1.67 bits per heavy atom. The molecule has 0 spiro atoms. The van der Waals surface area contributed by atoms with Crippen molar-refractivity contribution in [2.75, 3.05) is 37.6 Å². The molecule has 138 valence electrons. The van der Waals surface area contributed by atoms with Gasteiger partial charge in [-0.3, -0.25) is 20.0 Å². The van der Waals surface area contributed by atoms with Crippen molar-refractivity contribution in [1.29, 1.82) is 0 Å². The quantitative estimate of drug-likeness (QED) is 0.618. The summed E-state index contributed by atoms with van der Waals surface area (Å²) in [6, 6.07) is 17.2. The number of piperazine rings is 1. The lowest BCUT2D eigenvalue weighted by Gasteiger charge is -2.46. The van der Waals surface area contributed by atoms with Gasteiger partial charge in [-0.2, -0.15) is 0 Å². The normalized spacial score (nSPS) is 22.7. The number of nitro groups is 1. The highest BCUT2D eigenvalue weighted by molar-refractivity contribution is 5.83. The first-order valence-electron chi connectivity index (χ1n) is 9.02. The highest BCUT2D eigenvalue weighted by Crippen LogP contribution is 2.31. The molecule has 1 atom stereocenters. The van der Waals surface area contributed by atoms with E-state index in [1.54, 1.807) is 18.5 Å². The van der Waals surface area contributed by atoms with Crippen LogP contribution in [0.3, 0.4) is 0 Å². The van der Waals surface area contributed by atoms with E-state index in [1.165, 1.54) is 5.56 Å². The largest absolute Gasteiger partial charge is 0.369 e. The Kier molecular flexibility index (Phi) is 4.68. The first-order chi connectivity index (χ1) is 13.2. The van der Waals surface area contributed by atoms with E-state index in [0.29, 0.717) is 6.54 Å². The average Bonchev–Trinajstić information content (AvgIpc) is 2.75. The highest BCUT2D eigenvalue weighted by Gasteiger charge is 2.39. The zero-order chi connectivity index (χ0) is 18.7. The summed E-state index contributed by atoms with van der Waals surface area (Å²) in [5.41, 5.74) is 2.04. The van der Waals surface area contributed by atoms with E-state index < -0.39 is 0 Å². The summed E-state index contributed by atoms with van der Waals surface area (Å²) in [5.74, 6) is 0. The van der Waals surface area contributed by atoms with E-state index in [0.717, 1.165) is 31.9 Å². The maximum absolute atomic E-state index is 10.8. The number of nitrogens with zero attached hydrogens (tertiary/aromatic N) is 5. The third kappa shape index (κ3) is 3.33. The van der Waals surface area contributed by atoms with Gasteiger partial charge < -0.3 is 4.90 Å². The molecule has 1 fully saturated rings. The minimum Gasteiger partial charge on any atom is -0.369 e. The van der Waals surface area contributed by atoms with Crippen molar-refractivity contribution in [2.24, 2.45) is 9.98 Å². The van der Waals surface area contributed by atoms with E-state index in [9.17, 15) is 10.1 Å². The second-order valence-corrected chi connectivity index (χ2v) is 6.77. The molecular formula is C20H21N5O2. The molecule has 7 nitrogen and oxygen atoms in total. The number of nitro benzene ring substituents is 1. The van der Waals surface area contributed by atoms with E-state index in [1.807, 2.05) is 24.4 Å². The molecule has 0 bridgehead atoms. The number of benzene rings is 2. The Balaban J connectivity index is 1.51. The number of hydrogen-bond acceptors (Lipinski definition) is 6. The van der Waals surface area contributed by atoms with E-state index in [2.05, 4.69) is 44.1 Å². The van der Waals surface area contributed by atoms with Gasteiger partial charge in [0.05, 0.1) is 11.5 Å². The molecule has 0 aromatic heterocycles. The minimum atomic E-state index is -0.367. The Morgan fingerprint density at radius 1 is 0.963 bits per heavy atom. The molecular weight excluding hydrogens is 342 g/mol. The Hall–Kier alpha value is -3.06. The molecule has 2 heterocycles. The second-order valence-electron chi connectivity index (χ2n) is 6.77. The summed E-state index contributed by atoms with van der Waals surface area (Å²) >= 11 is 0. The molecule has 0 N–H and O–H groups in total. The zero-order valence-electron chi connectivity index (χ0n) is 14.9. The fourth-order valence-corrected chi connectivity index (χ4v) is 3.83. The van der Waals surface area contributed by atoms with E-state index in [4.69, 9.17) is 0 Å². The van der Waals surface area contributed by atoms with Gasteiger partial charge in [-0.1, -0.05) is 30.3 Å². The van der Waals surface area contributed by atoms with Gasteiger partial charge in [-0.25, -0.2) is 4.99 Å². The van der Waals surface area contributed by atoms with Crippen LogP contribution in [0.15, 0.2) is 64.6 Å². The lowest BCUT2D eigenvalue weighted by molar-refractivity contribution is -0.384. The molecule has 7 heteroatoms. The molecule has 0 amide bonds. The van der Waals surface area contributed by atoms with Crippen molar-refractivity contribution in [2.45, 2.75) is 5.54 Å². The number of rotatable bonds is 4. The van der Waals surface area contributed by atoms with Gasteiger partial charge in [0, 0.05) is 50.2 Å². The molecule has 2 aromatic carbocycles. The van der Waals surface area contributed by atoms with Crippen LogP contribution in [-0.2, 0) is 5.54 Å². The van der Waals surface area contributed by atoms with Crippen LogP contribution >= 0.6 is 0 Å². The summed E-state index contributed by atoms with van der Waals surface area (Å²) in [7, 11) is 0. The van der Waals surface area contributed by atoms with Crippen molar-refractivity contribution in [3.05, 3.63) is 70.3 Å². The molecule has 0 radical (unpaired) electrons.